The zero-order valence-electron chi connectivity index (χ0n) is 22.8. The Labute approximate surface area is 217 Å². The van der Waals surface area contributed by atoms with Crippen LogP contribution in [-0.4, -0.2) is 47.8 Å². The Balaban J connectivity index is 2.45. The van der Waals surface area contributed by atoms with Crippen molar-refractivity contribution in [2.45, 2.75) is 116 Å². The maximum atomic E-state index is 12.7. The Morgan fingerprint density at radius 2 is 1.81 bits per heavy atom. The average Bonchev–Trinajstić information content (AvgIpc) is 3.41. The van der Waals surface area contributed by atoms with Crippen molar-refractivity contribution >= 4 is 11.9 Å². The quantitative estimate of drug-likeness (QED) is 0.155. The fraction of sp³-hybridized carbons (Fsp3) is 0.793. The molecule has 1 aliphatic heterocycles. The molecular weight excluding hydrogens is 460 g/mol. The number of unbranched alkanes of at least 4 members (excludes halogenated alkanes) is 1. The first-order chi connectivity index (χ1) is 17.1. The molecule has 1 aliphatic carbocycles. The lowest BCUT2D eigenvalue weighted by molar-refractivity contribution is -0.182. The largest absolute Gasteiger partial charge is 0.479 e. The number of carbonyl (C=O) groups is 2. The van der Waals surface area contributed by atoms with E-state index >= 15 is 0 Å². The molecule has 7 heteroatoms. The molecule has 0 aromatic rings. The SMILES string of the molecule is CCCCC(C)(C)CC=C(OC1CCCCO1)[C@H](CC=CCC(=O)OC)[C@@](O)(C(=O)O)C1CCCC1. The van der Waals surface area contributed by atoms with Crippen molar-refractivity contribution in [3.63, 3.8) is 0 Å². The van der Waals surface area contributed by atoms with Crippen molar-refractivity contribution in [3.05, 3.63) is 24.0 Å². The van der Waals surface area contributed by atoms with Gasteiger partial charge in [-0.05, 0) is 62.4 Å². The van der Waals surface area contributed by atoms with Gasteiger partial charge in [0.2, 0.25) is 0 Å². The van der Waals surface area contributed by atoms with Crippen LogP contribution < -0.4 is 0 Å². The number of carboxylic acids is 1. The summed E-state index contributed by atoms with van der Waals surface area (Å²) in [5, 5.41) is 22.3. The molecule has 206 valence electrons. The van der Waals surface area contributed by atoms with Gasteiger partial charge in [0.15, 0.2) is 11.9 Å². The number of carbonyl (C=O) groups excluding carboxylic acids is 1. The minimum absolute atomic E-state index is 0.0119. The Morgan fingerprint density at radius 3 is 2.39 bits per heavy atom. The van der Waals surface area contributed by atoms with Gasteiger partial charge in [-0.25, -0.2) is 4.79 Å². The van der Waals surface area contributed by atoms with E-state index in [1.165, 1.54) is 7.11 Å². The van der Waals surface area contributed by atoms with Crippen LogP contribution >= 0.6 is 0 Å². The van der Waals surface area contributed by atoms with E-state index < -0.39 is 23.8 Å². The first-order valence-electron chi connectivity index (χ1n) is 13.8. The van der Waals surface area contributed by atoms with Gasteiger partial charge in [-0.15, -0.1) is 0 Å². The Kier molecular flexibility index (Phi) is 12.5. The molecule has 7 nitrogen and oxygen atoms in total. The van der Waals surface area contributed by atoms with E-state index in [0.717, 1.165) is 51.4 Å². The zero-order chi connectivity index (χ0) is 26.6. The number of hydrogen-bond acceptors (Lipinski definition) is 6. The first kappa shape index (κ1) is 30.4. The monoisotopic (exact) mass is 508 g/mol. The molecule has 0 aromatic heterocycles. The summed E-state index contributed by atoms with van der Waals surface area (Å²) in [6.07, 6.45) is 15.1. The third kappa shape index (κ3) is 8.91. The lowest BCUT2D eigenvalue weighted by atomic mass is 9.72. The third-order valence-corrected chi connectivity index (χ3v) is 7.71. The molecule has 0 aromatic carbocycles. The molecular formula is C29H48O7. The molecule has 2 aliphatic rings. The summed E-state index contributed by atoms with van der Waals surface area (Å²) in [7, 11) is 1.33. The first-order valence-corrected chi connectivity index (χ1v) is 13.8. The lowest BCUT2D eigenvalue weighted by Crippen LogP contribution is -2.52. The van der Waals surface area contributed by atoms with Crippen LogP contribution in [0, 0.1) is 17.3 Å². The van der Waals surface area contributed by atoms with Gasteiger partial charge in [0.05, 0.1) is 26.1 Å². The van der Waals surface area contributed by atoms with Crippen molar-refractivity contribution in [3.8, 4) is 0 Å². The molecule has 36 heavy (non-hydrogen) atoms. The number of methoxy groups -OCH3 is 1. The maximum Gasteiger partial charge on any atom is 0.336 e. The van der Waals surface area contributed by atoms with Gasteiger partial charge in [0, 0.05) is 6.42 Å². The van der Waals surface area contributed by atoms with Gasteiger partial charge in [-0.2, -0.15) is 0 Å². The number of allylic oxidation sites excluding steroid dienone is 2. The Hall–Kier alpha value is -1.86. The zero-order valence-corrected chi connectivity index (χ0v) is 22.8. The number of esters is 1. The van der Waals surface area contributed by atoms with Crippen molar-refractivity contribution < 1.29 is 34.0 Å². The van der Waals surface area contributed by atoms with Crippen LogP contribution in [0.25, 0.3) is 0 Å². The van der Waals surface area contributed by atoms with E-state index in [2.05, 4.69) is 20.8 Å². The standard InChI is InChI=1S/C29H48O7/c1-5-6-19-28(2,3)20-18-24(36-26-17-11-12-21-35-26)23(15-9-10-16-25(30)34-4)29(33,27(31)32)22-13-7-8-14-22/h9-10,18,22-23,26,33H,5-8,11-17,19-21H2,1-4H3,(H,31,32)/t23-,26?,29+/m0/s1. The molecule has 0 amide bonds. The number of rotatable bonds is 15. The summed E-state index contributed by atoms with van der Waals surface area (Å²) in [6.45, 7) is 7.20. The predicted octanol–water partition coefficient (Wildman–Crippen LogP) is 6.15. The topological polar surface area (TPSA) is 102 Å². The molecule has 1 saturated heterocycles. The fourth-order valence-electron chi connectivity index (χ4n) is 5.34. The average molecular weight is 509 g/mol. The van der Waals surface area contributed by atoms with Crippen LogP contribution in [0.5, 0.6) is 0 Å². The summed E-state index contributed by atoms with van der Waals surface area (Å²) < 4.78 is 17.0. The highest BCUT2D eigenvalue weighted by Gasteiger charge is 2.53. The molecule has 2 N–H and O–H groups in total. The second-order valence-corrected chi connectivity index (χ2v) is 11.1. The van der Waals surface area contributed by atoms with Crippen LogP contribution in [0.2, 0.25) is 0 Å². The molecule has 1 saturated carbocycles. The van der Waals surface area contributed by atoms with Crippen molar-refractivity contribution in [1.29, 1.82) is 0 Å². The molecule has 3 atom stereocenters. The highest BCUT2D eigenvalue weighted by atomic mass is 16.7. The number of carboxylic acid groups (broad SMARTS) is 1. The summed E-state index contributed by atoms with van der Waals surface area (Å²) >= 11 is 0. The van der Waals surface area contributed by atoms with Gasteiger partial charge in [-0.3, -0.25) is 4.79 Å². The van der Waals surface area contributed by atoms with Crippen LogP contribution in [0.4, 0.5) is 0 Å². The third-order valence-electron chi connectivity index (χ3n) is 7.71. The molecule has 2 fully saturated rings. The van der Waals surface area contributed by atoms with Crippen molar-refractivity contribution in [2.24, 2.45) is 17.3 Å². The summed E-state index contributed by atoms with van der Waals surface area (Å²) in [4.78, 5) is 24.3. The number of hydrogen-bond donors (Lipinski definition) is 2. The van der Waals surface area contributed by atoms with Crippen molar-refractivity contribution in [2.75, 3.05) is 13.7 Å². The Morgan fingerprint density at radius 1 is 1.11 bits per heavy atom. The van der Waals surface area contributed by atoms with Crippen molar-refractivity contribution in [1.82, 2.24) is 0 Å². The van der Waals surface area contributed by atoms with E-state index in [1.54, 1.807) is 12.2 Å². The fourth-order valence-corrected chi connectivity index (χ4v) is 5.34. The van der Waals surface area contributed by atoms with Crippen LogP contribution in [0.3, 0.4) is 0 Å². The molecule has 0 bridgehead atoms. The highest BCUT2D eigenvalue weighted by Crippen LogP contribution is 2.44. The van der Waals surface area contributed by atoms with Gasteiger partial charge in [0.25, 0.3) is 0 Å². The second kappa shape index (κ2) is 14.8. The summed E-state index contributed by atoms with van der Waals surface area (Å²) in [5.41, 5.74) is -1.96. The summed E-state index contributed by atoms with van der Waals surface area (Å²) in [5.74, 6) is -2.25. The molecule has 0 spiro atoms. The number of ether oxygens (including phenoxy) is 3. The van der Waals surface area contributed by atoms with E-state index in [-0.39, 0.29) is 30.1 Å². The highest BCUT2D eigenvalue weighted by molar-refractivity contribution is 5.79. The van der Waals surface area contributed by atoms with E-state index in [0.29, 0.717) is 31.6 Å². The van der Waals surface area contributed by atoms with E-state index in [1.807, 2.05) is 6.08 Å². The minimum atomic E-state index is -1.97. The van der Waals surface area contributed by atoms with Crippen LogP contribution in [-0.2, 0) is 23.8 Å². The normalized spacial score (nSPS) is 22.4. The number of aliphatic hydroxyl groups is 1. The minimum Gasteiger partial charge on any atom is -0.479 e. The van der Waals surface area contributed by atoms with Gasteiger partial charge >= 0.3 is 11.9 Å². The Bertz CT molecular complexity index is 745. The van der Waals surface area contributed by atoms with Gasteiger partial charge < -0.3 is 24.4 Å². The summed E-state index contributed by atoms with van der Waals surface area (Å²) in [6, 6.07) is 0. The lowest BCUT2D eigenvalue weighted by Gasteiger charge is -2.39. The van der Waals surface area contributed by atoms with Crippen LogP contribution in [0.1, 0.15) is 104 Å². The molecule has 1 unspecified atom stereocenters. The van der Waals surface area contributed by atoms with Gasteiger partial charge in [0.1, 0.15) is 5.76 Å². The molecule has 0 radical (unpaired) electrons. The molecule has 1 heterocycles. The van der Waals surface area contributed by atoms with Gasteiger partial charge in [-0.1, -0.05) is 58.6 Å². The molecule has 2 rings (SSSR count). The number of aliphatic carboxylic acids is 1. The van der Waals surface area contributed by atoms with E-state index in [9.17, 15) is 19.8 Å². The van der Waals surface area contributed by atoms with Crippen LogP contribution in [0.15, 0.2) is 24.0 Å². The predicted molar refractivity (Wildman–Crippen MR) is 139 cm³/mol. The van der Waals surface area contributed by atoms with E-state index in [4.69, 9.17) is 14.2 Å². The smallest absolute Gasteiger partial charge is 0.336 e. The second-order valence-electron chi connectivity index (χ2n) is 11.1. The maximum absolute atomic E-state index is 12.7.